The monoisotopic (exact) mass is 278 g/mol. The van der Waals surface area contributed by atoms with Crippen molar-refractivity contribution in [3.05, 3.63) is 54.5 Å². The van der Waals surface area contributed by atoms with Crippen LogP contribution in [0.1, 0.15) is 12.5 Å². The summed E-state index contributed by atoms with van der Waals surface area (Å²) in [7, 11) is 0. The zero-order valence-electron chi connectivity index (χ0n) is 9.81. The van der Waals surface area contributed by atoms with Gasteiger partial charge in [0.05, 0.1) is 11.1 Å². The van der Waals surface area contributed by atoms with Gasteiger partial charge in [-0.3, -0.25) is 14.4 Å². The maximum absolute atomic E-state index is 12.2. The highest BCUT2D eigenvalue weighted by molar-refractivity contribution is 7.07. The van der Waals surface area contributed by atoms with E-state index in [1.165, 1.54) is 11.3 Å². The molecule has 1 aliphatic rings. The predicted molar refractivity (Wildman–Crippen MR) is 73.9 cm³/mol. The Kier molecular flexibility index (Phi) is 2.84. The van der Waals surface area contributed by atoms with Gasteiger partial charge in [0.25, 0.3) is 5.56 Å². The fraction of sp³-hybridized carbons (Fsp3) is 0.231. The lowest BCUT2D eigenvalue weighted by molar-refractivity contribution is 0.740. The molecular formula is C13H11ClN2OS. The zero-order valence-corrected chi connectivity index (χ0v) is 11.4. The molecule has 3 nitrogen and oxygen atoms in total. The van der Waals surface area contributed by atoms with Crippen molar-refractivity contribution in [3.63, 3.8) is 0 Å². The standard InChI is InChI=1S/C13H11ClN2OS/c1-8(9-2-4-10(14)5-3-9)11-12(17)16-7-6-15-13(16)18-11/h2-5H,6-7H2,1H3/b11-8-. The van der Waals surface area contributed by atoms with Gasteiger partial charge in [0.2, 0.25) is 0 Å². The molecule has 2 heterocycles. The molecule has 0 amide bonds. The molecule has 5 heteroatoms. The lowest BCUT2D eigenvalue weighted by atomic mass is 10.1. The second kappa shape index (κ2) is 4.37. The second-order valence-corrected chi connectivity index (χ2v) is 5.60. The molecule has 3 rings (SSSR count). The van der Waals surface area contributed by atoms with Crippen LogP contribution in [0.25, 0.3) is 5.57 Å². The van der Waals surface area contributed by atoms with Crippen molar-refractivity contribution in [1.82, 2.24) is 4.57 Å². The summed E-state index contributed by atoms with van der Waals surface area (Å²) in [5.74, 6) is 0. The van der Waals surface area contributed by atoms with Crippen LogP contribution in [0.4, 0.5) is 0 Å². The number of aromatic nitrogens is 1. The van der Waals surface area contributed by atoms with Crippen LogP contribution >= 0.6 is 22.9 Å². The van der Waals surface area contributed by atoms with E-state index < -0.39 is 0 Å². The smallest absolute Gasteiger partial charge is 0.270 e. The molecule has 0 radical (unpaired) electrons. The number of thiazole rings is 1. The fourth-order valence-electron chi connectivity index (χ4n) is 2.03. The van der Waals surface area contributed by atoms with E-state index in [0.29, 0.717) is 11.6 Å². The molecule has 0 atom stereocenters. The van der Waals surface area contributed by atoms with Gasteiger partial charge in [0.1, 0.15) is 0 Å². The molecule has 92 valence electrons. The maximum atomic E-state index is 12.2. The zero-order chi connectivity index (χ0) is 12.7. The molecule has 0 N–H and O–H groups in total. The average Bonchev–Trinajstić information content (AvgIpc) is 2.93. The van der Waals surface area contributed by atoms with Gasteiger partial charge in [-0.1, -0.05) is 35.1 Å². The number of hydrogen-bond acceptors (Lipinski definition) is 3. The van der Waals surface area contributed by atoms with Gasteiger partial charge < -0.3 is 0 Å². The first-order valence-electron chi connectivity index (χ1n) is 5.68. The topological polar surface area (TPSA) is 34.4 Å². The fourth-order valence-corrected chi connectivity index (χ4v) is 3.25. The van der Waals surface area contributed by atoms with Crippen LogP contribution in [-0.2, 0) is 6.54 Å². The molecule has 1 aromatic carbocycles. The van der Waals surface area contributed by atoms with Gasteiger partial charge in [-0.25, -0.2) is 0 Å². The van der Waals surface area contributed by atoms with Crippen LogP contribution in [0.15, 0.2) is 34.1 Å². The third-order valence-corrected chi connectivity index (χ3v) is 4.52. The molecule has 1 aromatic heterocycles. The second-order valence-electron chi connectivity index (χ2n) is 4.18. The highest BCUT2D eigenvalue weighted by Gasteiger charge is 2.11. The molecular weight excluding hydrogens is 268 g/mol. The molecule has 0 aliphatic carbocycles. The van der Waals surface area contributed by atoms with Crippen LogP contribution in [-0.4, -0.2) is 11.1 Å². The molecule has 0 unspecified atom stereocenters. The van der Waals surface area contributed by atoms with E-state index in [4.69, 9.17) is 11.6 Å². The van der Waals surface area contributed by atoms with Crippen molar-refractivity contribution in [1.29, 1.82) is 0 Å². The number of benzene rings is 1. The molecule has 2 aromatic rings. The first kappa shape index (κ1) is 11.7. The van der Waals surface area contributed by atoms with Crippen molar-refractivity contribution in [3.8, 4) is 0 Å². The van der Waals surface area contributed by atoms with Gasteiger partial charge in [-0.2, -0.15) is 0 Å². The summed E-state index contributed by atoms with van der Waals surface area (Å²) in [5.41, 5.74) is 2.08. The van der Waals surface area contributed by atoms with Crippen LogP contribution in [0.2, 0.25) is 5.02 Å². The summed E-state index contributed by atoms with van der Waals surface area (Å²) in [6, 6.07) is 7.54. The van der Waals surface area contributed by atoms with Crippen molar-refractivity contribution >= 4 is 28.5 Å². The minimum absolute atomic E-state index is 0.0729. The lowest BCUT2D eigenvalue weighted by Gasteiger charge is -1.99. The first-order chi connectivity index (χ1) is 8.66. The van der Waals surface area contributed by atoms with Crippen LogP contribution in [0, 0.1) is 0 Å². The average molecular weight is 279 g/mol. The number of rotatable bonds is 1. The van der Waals surface area contributed by atoms with Crippen LogP contribution < -0.4 is 14.9 Å². The van der Waals surface area contributed by atoms with E-state index in [1.807, 2.05) is 31.2 Å². The predicted octanol–water partition coefficient (Wildman–Crippen LogP) is 1.42. The third-order valence-electron chi connectivity index (χ3n) is 3.05. The summed E-state index contributed by atoms with van der Waals surface area (Å²) in [4.78, 5) is 17.4. The number of nitrogens with zero attached hydrogens (tertiary/aromatic N) is 2. The van der Waals surface area contributed by atoms with Gasteiger partial charge in [0.15, 0.2) is 4.80 Å². The Hall–Kier alpha value is -1.39. The van der Waals surface area contributed by atoms with Gasteiger partial charge >= 0.3 is 0 Å². The normalized spacial score (nSPS) is 15.2. The summed E-state index contributed by atoms with van der Waals surface area (Å²) >= 11 is 7.34. The van der Waals surface area contributed by atoms with E-state index in [0.717, 1.165) is 27.0 Å². The van der Waals surface area contributed by atoms with E-state index >= 15 is 0 Å². The van der Waals surface area contributed by atoms with E-state index in [1.54, 1.807) is 4.57 Å². The number of fused-ring (bicyclic) bond motifs is 1. The van der Waals surface area contributed by atoms with Crippen molar-refractivity contribution in [2.24, 2.45) is 4.99 Å². The van der Waals surface area contributed by atoms with E-state index in [9.17, 15) is 4.79 Å². The molecule has 0 fully saturated rings. The minimum Gasteiger partial charge on any atom is -0.282 e. The van der Waals surface area contributed by atoms with Gasteiger partial charge in [-0.05, 0) is 30.2 Å². The molecule has 0 saturated heterocycles. The Morgan fingerprint density at radius 2 is 2.11 bits per heavy atom. The lowest BCUT2D eigenvalue weighted by Crippen LogP contribution is -2.30. The van der Waals surface area contributed by atoms with Crippen LogP contribution in [0.3, 0.4) is 0 Å². The highest BCUT2D eigenvalue weighted by Crippen LogP contribution is 2.14. The molecule has 0 spiro atoms. The van der Waals surface area contributed by atoms with E-state index in [2.05, 4.69) is 4.99 Å². The highest BCUT2D eigenvalue weighted by atomic mass is 35.5. The molecule has 1 aliphatic heterocycles. The van der Waals surface area contributed by atoms with Crippen molar-refractivity contribution < 1.29 is 0 Å². The largest absolute Gasteiger partial charge is 0.282 e. The summed E-state index contributed by atoms with van der Waals surface area (Å²) in [5, 5.41) is 0.701. The van der Waals surface area contributed by atoms with Gasteiger partial charge in [-0.15, -0.1) is 0 Å². The molecule has 18 heavy (non-hydrogen) atoms. The molecule has 0 saturated carbocycles. The minimum atomic E-state index is 0.0729. The quantitative estimate of drug-likeness (QED) is 0.777. The van der Waals surface area contributed by atoms with Crippen LogP contribution in [0.5, 0.6) is 0 Å². The summed E-state index contributed by atoms with van der Waals surface area (Å²) < 4.78 is 2.52. The van der Waals surface area contributed by atoms with Gasteiger partial charge in [0, 0.05) is 11.6 Å². The summed E-state index contributed by atoms with van der Waals surface area (Å²) in [6.07, 6.45) is 0. The SMILES string of the molecule is C/C(c1ccc(Cl)cc1)=c1/sc2n(c1=O)CCN=2. The van der Waals surface area contributed by atoms with Crippen molar-refractivity contribution in [2.45, 2.75) is 13.5 Å². The van der Waals surface area contributed by atoms with Crippen molar-refractivity contribution in [2.75, 3.05) is 6.54 Å². The first-order valence-corrected chi connectivity index (χ1v) is 6.87. The number of halogens is 1. The van der Waals surface area contributed by atoms with E-state index in [-0.39, 0.29) is 5.56 Å². The summed E-state index contributed by atoms with van der Waals surface area (Å²) in [6.45, 7) is 3.39. The Balaban J connectivity index is 2.27. The third kappa shape index (κ3) is 1.82. The Bertz CT molecular complexity index is 771. The maximum Gasteiger partial charge on any atom is 0.270 e. The Morgan fingerprint density at radius 1 is 1.39 bits per heavy atom. The Labute approximate surface area is 113 Å². The molecule has 0 bridgehead atoms. The Morgan fingerprint density at radius 3 is 2.78 bits per heavy atom. The number of hydrogen-bond donors (Lipinski definition) is 0.